The Morgan fingerprint density at radius 3 is 1.96 bits per heavy atom. The molecule has 53 heavy (non-hydrogen) atoms. The van der Waals surface area contributed by atoms with Crippen LogP contribution in [0.4, 0.5) is 11.4 Å². The van der Waals surface area contributed by atoms with E-state index in [9.17, 15) is 0 Å². The van der Waals surface area contributed by atoms with Gasteiger partial charge in [0.1, 0.15) is 0 Å². The molecule has 254 valence electrons. The molecule has 0 bridgehead atoms. The zero-order chi connectivity index (χ0) is 35.1. The number of hydrogen-bond acceptors (Lipinski definition) is 2. The van der Waals surface area contributed by atoms with Crippen LogP contribution in [0.15, 0.2) is 152 Å². The molecule has 8 aromatic rings. The van der Waals surface area contributed by atoms with E-state index in [1.807, 2.05) is 6.20 Å². The van der Waals surface area contributed by atoms with E-state index in [4.69, 9.17) is 0 Å². The number of nitrogens with zero attached hydrogens (tertiary/aromatic N) is 3. The molecule has 4 aliphatic rings. The molecule has 3 heteroatoms. The van der Waals surface area contributed by atoms with Gasteiger partial charge in [-0.25, -0.2) is 0 Å². The second kappa shape index (κ2) is 10.1. The van der Waals surface area contributed by atoms with Crippen LogP contribution in [0.1, 0.15) is 67.3 Å². The second-order valence-electron chi connectivity index (χ2n) is 16.2. The van der Waals surface area contributed by atoms with E-state index in [2.05, 4.69) is 174 Å². The molecule has 2 atom stereocenters. The van der Waals surface area contributed by atoms with Crippen molar-refractivity contribution in [1.29, 1.82) is 0 Å². The van der Waals surface area contributed by atoms with Gasteiger partial charge in [-0.05, 0) is 101 Å². The van der Waals surface area contributed by atoms with Gasteiger partial charge in [-0.15, -0.1) is 0 Å². The monoisotopic (exact) mass is 681 g/mol. The molecule has 0 saturated heterocycles. The lowest BCUT2D eigenvalue weighted by atomic mass is 9.61. The van der Waals surface area contributed by atoms with Crippen molar-refractivity contribution in [2.75, 3.05) is 4.90 Å². The van der Waals surface area contributed by atoms with Gasteiger partial charge in [0.05, 0.1) is 39.6 Å². The summed E-state index contributed by atoms with van der Waals surface area (Å²) < 4.78 is 2.54. The second-order valence-corrected chi connectivity index (χ2v) is 16.2. The van der Waals surface area contributed by atoms with Gasteiger partial charge in [0.2, 0.25) is 0 Å². The summed E-state index contributed by atoms with van der Waals surface area (Å²) in [5.74, 6) is 0. The van der Waals surface area contributed by atoms with E-state index < -0.39 is 0 Å². The molecule has 3 heterocycles. The van der Waals surface area contributed by atoms with Crippen molar-refractivity contribution in [3.63, 3.8) is 0 Å². The third-order valence-electron chi connectivity index (χ3n) is 14.1. The summed E-state index contributed by atoms with van der Waals surface area (Å²) in [5, 5.41) is 2.56. The topological polar surface area (TPSA) is 21.1 Å². The van der Waals surface area contributed by atoms with Crippen LogP contribution < -0.4 is 4.90 Å². The van der Waals surface area contributed by atoms with Gasteiger partial charge in [0.25, 0.3) is 0 Å². The van der Waals surface area contributed by atoms with Crippen LogP contribution in [0.25, 0.3) is 49.7 Å². The normalized spacial score (nSPS) is 21.4. The largest absolute Gasteiger partial charge is 0.333 e. The fourth-order valence-electron chi connectivity index (χ4n) is 11.7. The first-order valence-electron chi connectivity index (χ1n) is 19.3. The molecule has 3 nitrogen and oxygen atoms in total. The zero-order valence-corrected chi connectivity index (χ0v) is 30.1. The van der Waals surface area contributed by atoms with Crippen LogP contribution >= 0.6 is 0 Å². The lowest BCUT2D eigenvalue weighted by molar-refractivity contribution is 0.195. The minimum atomic E-state index is -0.375. The van der Waals surface area contributed by atoms with Crippen molar-refractivity contribution in [2.24, 2.45) is 0 Å². The van der Waals surface area contributed by atoms with Crippen molar-refractivity contribution in [3.05, 3.63) is 180 Å². The molecule has 12 rings (SSSR count). The predicted molar refractivity (Wildman–Crippen MR) is 218 cm³/mol. The number of rotatable bonds is 2. The van der Waals surface area contributed by atoms with Gasteiger partial charge in [0, 0.05) is 33.6 Å². The summed E-state index contributed by atoms with van der Waals surface area (Å²) in [7, 11) is 0. The summed E-state index contributed by atoms with van der Waals surface area (Å²) in [5.41, 5.74) is 18.1. The number of anilines is 2. The van der Waals surface area contributed by atoms with Gasteiger partial charge in [0.15, 0.2) is 0 Å². The first-order chi connectivity index (χ1) is 26.1. The van der Waals surface area contributed by atoms with E-state index in [0.29, 0.717) is 0 Å². The van der Waals surface area contributed by atoms with Crippen LogP contribution in [0.2, 0.25) is 0 Å². The Labute approximate surface area is 310 Å². The third-order valence-corrected chi connectivity index (χ3v) is 14.1. The maximum Gasteiger partial charge on any atom is 0.0726 e. The Hall–Kier alpha value is -5.93. The van der Waals surface area contributed by atoms with Crippen molar-refractivity contribution >= 4 is 33.2 Å². The molecule has 2 aromatic heterocycles. The Bertz CT molecular complexity index is 2810. The van der Waals surface area contributed by atoms with Crippen molar-refractivity contribution < 1.29 is 0 Å². The molecule has 1 aliphatic heterocycles. The highest BCUT2D eigenvalue weighted by Crippen LogP contribution is 2.64. The molecule has 2 unspecified atom stereocenters. The first kappa shape index (κ1) is 29.6. The minimum Gasteiger partial charge on any atom is -0.333 e. The van der Waals surface area contributed by atoms with Gasteiger partial charge in [-0.3, -0.25) is 4.98 Å². The quantitative estimate of drug-likeness (QED) is 0.181. The molecule has 1 spiro atoms. The smallest absolute Gasteiger partial charge is 0.0726 e. The molecular weight excluding hydrogens is 643 g/mol. The average molecular weight is 682 g/mol. The SMILES string of the molecule is CC12CCCCC1(C)N(c1ccc3c(c1)c1ccccc1n3-c1cccc3c1-c1ccccc1C31c3ccccc3-c3ccccc31)c1cnccc12. The fraction of sp³-hybridized carbons (Fsp3) is 0.180. The summed E-state index contributed by atoms with van der Waals surface area (Å²) >= 11 is 0. The van der Waals surface area contributed by atoms with Crippen molar-refractivity contribution in [2.45, 2.75) is 55.9 Å². The van der Waals surface area contributed by atoms with Crippen LogP contribution in [0.3, 0.4) is 0 Å². The van der Waals surface area contributed by atoms with Crippen molar-refractivity contribution in [1.82, 2.24) is 9.55 Å². The van der Waals surface area contributed by atoms with E-state index in [1.165, 1.54) is 115 Å². The predicted octanol–water partition coefficient (Wildman–Crippen LogP) is 12.3. The van der Waals surface area contributed by atoms with Crippen LogP contribution in [0, 0.1) is 0 Å². The number of fused-ring (bicyclic) bond motifs is 16. The highest BCUT2D eigenvalue weighted by atomic mass is 15.3. The van der Waals surface area contributed by atoms with Crippen LogP contribution in [0.5, 0.6) is 0 Å². The molecule has 3 aliphatic carbocycles. The summed E-state index contributed by atoms with van der Waals surface area (Å²) in [6.45, 7) is 5.00. The standard InChI is InChI=1S/C50H39N3/c1-48-27-11-12-28-49(48,2)53(46-31-51-29-26-41(46)48)32-24-25-44-37(30-32)35-16-6-10-22-43(35)52(44)45-23-13-21-42-47(45)36-17-5-9-20-40(36)50(42)38-18-7-3-14-33(38)34-15-4-8-19-39(34)50/h3-10,13-26,29-31H,11-12,27-28H2,1-2H3. The van der Waals surface area contributed by atoms with E-state index >= 15 is 0 Å². The first-order valence-corrected chi connectivity index (χ1v) is 19.3. The molecule has 0 amide bonds. The highest BCUT2D eigenvalue weighted by Gasteiger charge is 2.58. The Morgan fingerprint density at radius 2 is 1.17 bits per heavy atom. The van der Waals surface area contributed by atoms with E-state index in [0.717, 1.165) is 0 Å². The third kappa shape index (κ3) is 3.41. The fourth-order valence-corrected chi connectivity index (χ4v) is 11.7. The molecule has 1 saturated carbocycles. The molecule has 6 aromatic carbocycles. The highest BCUT2D eigenvalue weighted by molar-refractivity contribution is 6.11. The number of para-hydroxylation sites is 1. The Morgan fingerprint density at radius 1 is 0.528 bits per heavy atom. The maximum absolute atomic E-state index is 4.67. The maximum atomic E-state index is 4.67. The molecule has 0 radical (unpaired) electrons. The van der Waals surface area contributed by atoms with E-state index in [1.54, 1.807) is 0 Å². The number of aromatic nitrogens is 2. The van der Waals surface area contributed by atoms with E-state index in [-0.39, 0.29) is 16.4 Å². The number of pyridine rings is 1. The average Bonchev–Trinajstić information content (AvgIpc) is 3.87. The van der Waals surface area contributed by atoms with Crippen molar-refractivity contribution in [3.8, 4) is 27.9 Å². The number of hydrogen-bond donors (Lipinski definition) is 0. The van der Waals surface area contributed by atoms with Crippen LogP contribution in [-0.2, 0) is 10.8 Å². The summed E-state index contributed by atoms with van der Waals surface area (Å²) in [6.07, 6.45) is 9.00. The molecule has 0 N–H and O–H groups in total. The lowest BCUT2D eigenvalue weighted by Gasteiger charge is -2.50. The zero-order valence-electron chi connectivity index (χ0n) is 30.1. The summed E-state index contributed by atoms with van der Waals surface area (Å²) in [6, 6.07) is 52.9. The van der Waals surface area contributed by atoms with Gasteiger partial charge >= 0.3 is 0 Å². The molecule has 1 fully saturated rings. The Balaban J connectivity index is 1.13. The summed E-state index contributed by atoms with van der Waals surface area (Å²) in [4.78, 5) is 7.32. The minimum absolute atomic E-state index is 0.0190. The van der Waals surface area contributed by atoms with Crippen LogP contribution in [-0.4, -0.2) is 15.1 Å². The van der Waals surface area contributed by atoms with Gasteiger partial charge < -0.3 is 9.47 Å². The number of benzene rings is 6. The lowest BCUT2D eigenvalue weighted by Crippen LogP contribution is -2.54. The van der Waals surface area contributed by atoms with Gasteiger partial charge in [-0.2, -0.15) is 0 Å². The Kier molecular flexibility index (Phi) is 5.67. The molecular formula is C50H39N3. The van der Waals surface area contributed by atoms with Gasteiger partial charge in [-0.1, -0.05) is 123 Å².